The van der Waals surface area contributed by atoms with E-state index in [1.807, 2.05) is 23.1 Å². The van der Waals surface area contributed by atoms with E-state index in [-0.39, 0.29) is 11.9 Å². The molecule has 2 heterocycles. The molecule has 1 aliphatic heterocycles. The lowest BCUT2D eigenvalue weighted by molar-refractivity contribution is -0.148. The fraction of sp³-hybridized carbons (Fsp3) is 0.333. The average Bonchev–Trinajstić information content (AvgIpc) is 3.18. The Morgan fingerprint density at radius 1 is 1.16 bits per heavy atom. The number of rotatable bonds is 4. The van der Waals surface area contributed by atoms with Gasteiger partial charge in [-0.05, 0) is 17.7 Å². The zero-order valence-corrected chi connectivity index (χ0v) is 14.6. The molecule has 1 aromatic carbocycles. The van der Waals surface area contributed by atoms with Crippen LogP contribution >= 0.6 is 11.6 Å². The third-order valence-electron chi connectivity index (χ3n) is 4.36. The normalized spacial score (nSPS) is 16.5. The number of piperazine rings is 1. The summed E-state index contributed by atoms with van der Waals surface area (Å²) in [4.78, 5) is 28.5. The van der Waals surface area contributed by atoms with E-state index in [9.17, 15) is 9.59 Å². The van der Waals surface area contributed by atoms with Gasteiger partial charge in [0.1, 0.15) is 12.3 Å². The Morgan fingerprint density at radius 2 is 1.88 bits per heavy atom. The Morgan fingerprint density at radius 3 is 2.48 bits per heavy atom. The maximum Gasteiger partial charge on any atom is 0.327 e. The number of esters is 1. The molecule has 3 rings (SSSR count). The van der Waals surface area contributed by atoms with Gasteiger partial charge in [0.15, 0.2) is 0 Å². The summed E-state index contributed by atoms with van der Waals surface area (Å²) in [5.41, 5.74) is 1.25. The van der Waals surface area contributed by atoms with Crippen LogP contribution in [-0.2, 0) is 9.53 Å². The number of methoxy groups -OCH3 is 1. The summed E-state index contributed by atoms with van der Waals surface area (Å²) >= 11 is 6.28. The molecule has 0 N–H and O–H groups in total. The van der Waals surface area contributed by atoms with Gasteiger partial charge in [0.2, 0.25) is 0 Å². The molecule has 0 radical (unpaired) electrons. The molecule has 0 spiro atoms. The maximum absolute atomic E-state index is 12.4. The minimum atomic E-state index is -0.579. The predicted octanol–water partition coefficient (Wildman–Crippen LogP) is 2.61. The topological polar surface area (TPSA) is 63.0 Å². The molecule has 6 nitrogen and oxygen atoms in total. The monoisotopic (exact) mass is 362 g/mol. The Kier molecular flexibility index (Phi) is 5.40. The number of carbonyl (C=O) groups is 2. The zero-order chi connectivity index (χ0) is 17.8. The van der Waals surface area contributed by atoms with Gasteiger partial charge >= 0.3 is 5.97 Å². The number of halogens is 1. The van der Waals surface area contributed by atoms with Crippen LogP contribution in [0.3, 0.4) is 0 Å². The smallest absolute Gasteiger partial charge is 0.327 e. The largest absolute Gasteiger partial charge is 0.472 e. The van der Waals surface area contributed by atoms with Crippen LogP contribution in [0.2, 0.25) is 5.02 Å². The van der Waals surface area contributed by atoms with Gasteiger partial charge in [-0.1, -0.05) is 29.8 Å². The van der Waals surface area contributed by atoms with Crippen molar-refractivity contribution in [3.8, 4) is 0 Å². The molecule has 0 unspecified atom stereocenters. The number of benzene rings is 1. The van der Waals surface area contributed by atoms with Gasteiger partial charge in [0.25, 0.3) is 5.91 Å². The number of furan rings is 1. The lowest BCUT2D eigenvalue weighted by Crippen LogP contribution is -2.51. The molecule has 25 heavy (non-hydrogen) atoms. The van der Waals surface area contributed by atoms with Crippen molar-refractivity contribution in [1.29, 1.82) is 0 Å². The van der Waals surface area contributed by atoms with E-state index in [0.717, 1.165) is 0 Å². The van der Waals surface area contributed by atoms with Gasteiger partial charge in [-0.3, -0.25) is 9.69 Å². The molecule has 1 amide bonds. The molecule has 2 aromatic rings. The van der Waals surface area contributed by atoms with Gasteiger partial charge in [-0.15, -0.1) is 0 Å². The maximum atomic E-state index is 12.4. The second-order valence-corrected chi connectivity index (χ2v) is 6.19. The summed E-state index contributed by atoms with van der Waals surface area (Å²) in [6, 6.07) is 8.32. The number of hydrogen-bond acceptors (Lipinski definition) is 5. The molecule has 1 saturated heterocycles. The second kappa shape index (κ2) is 7.72. The van der Waals surface area contributed by atoms with E-state index < -0.39 is 6.04 Å². The highest BCUT2D eigenvalue weighted by Crippen LogP contribution is 2.29. The first kappa shape index (κ1) is 17.5. The van der Waals surface area contributed by atoms with Gasteiger partial charge < -0.3 is 14.1 Å². The third kappa shape index (κ3) is 3.70. The minimum absolute atomic E-state index is 0.0687. The minimum Gasteiger partial charge on any atom is -0.472 e. The first-order valence-electron chi connectivity index (χ1n) is 7.99. The predicted molar refractivity (Wildman–Crippen MR) is 92.4 cm³/mol. The SMILES string of the molecule is COC(=O)[C@@H](c1ccccc1Cl)N1CCN(C(=O)c2ccoc2)CC1. The molecule has 1 fully saturated rings. The van der Waals surface area contributed by atoms with Crippen molar-refractivity contribution in [3.63, 3.8) is 0 Å². The van der Waals surface area contributed by atoms with Crippen LogP contribution < -0.4 is 0 Å². The van der Waals surface area contributed by atoms with Gasteiger partial charge in [-0.25, -0.2) is 4.79 Å². The van der Waals surface area contributed by atoms with E-state index in [2.05, 4.69) is 0 Å². The van der Waals surface area contributed by atoms with Crippen LogP contribution in [0.5, 0.6) is 0 Å². The lowest BCUT2D eigenvalue weighted by Gasteiger charge is -2.38. The van der Waals surface area contributed by atoms with Gasteiger partial charge in [-0.2, -0.15) is 0 Å². The molecule has 1 aromatic heterocycles. The van der Waals surface area contributed by atoms with Crippen molar-refractivity contribution in [2.24, 2.45) is 0 Å². The van der Waals surface area contributed by atoms with Crippen LogP contribution in [-0.4, -0.2) is 55.0 Å². The van der Waals surface area contributed by atoms with E-state index in [4.69, 9.17) is 20.8 Å². The molecule has 0 bridgehead atoms. The Bertz CT molecular complexity index is 739. The van der Waals surface area contributed by atoms with E-state index in [0.29, 0.717) is 42.3 Å². The van der Waals surface area contributed by atoms with Crippen LogP contribution in [0.15, 0.2) is 47.3 Å². The molecule has 132 valence electrons. The van der Waals surface area contributed by atoms with Crippen molar-refractivity contribution >= 4 is 23.5 Å². The average molecular weight is 363 g/mol. The number of ether oxygens (including phenoxy) is 1. The fourth-order valence-corrected chi connectivity index (χ4v) is 3.27. The van der Waals surface area contributed by atoms with Gasteiger partial charge in [0, 0.05) is 31.2 Å². The third-order valence-corrected chi connectivity index (χ3v) is 4.70. The highest BCUT2D eigenvalue weighted by atomic mass is 35.5. The van der Waals surface area contributed by atoms with Gasteiger partial charge in [0.05, 0.1) is 18.9 Å². The van der Waals surface area contributed by atoms with Crippen molar-refractivity contribution in [2.45, 2.75) is 6.04 Å². The summed E-state index contributed by atoms with van der Waals surface area (Å²) in [6.07, 6.45) is 2.92. The first-order valence-corrected chi connectivity index (χ1v) is 8.37. The van der Waals surface area contributed by atoms with Crippen LogP contribution in [0.4, 0.5) is 0 Å². The summed E-state index contributed by atoms with van der Waals surface area (Å²) < 4.78 is 9.95. The van der Waals surface area contributed by atoms with Crippen LogP contribution in [0, 0.1) is 0 Å². The molecule has 1 aliphatic rings. The van der Waals surface area contributed by atoms with Crippen molar-refractivity contribution in [2.75, 3.05) is 33.3 Å². The van der Waals surface area contributed by atoms with E-state index in [1.165, 1.54) is 19.6 Å². The highest BCUT2D eigenvalue weighted by Gasteiger charge is 2.33. The van der Waals surface area contributed by atoms with Crippen LogP contribution in [0.1, 0.15) is 22.0 Å². The summed E-state index contributed by atoms with van der Waals surface area (Å²) in [6.45, 7) is 2.13. The molecule has 0 aliphatic carbocycles. The number of nitrogens with zero attached hydrogens (tertiary/aromatic N) is 2. The zero-order valence-electron chi connectivity index (χ0n) is 13.9. The Hall–Kier alpha value is -2.31. The Balaban J connectivity index is 1.73. The number of hydrogen-bond donors (Lipinski definition) is 0. The number of amides is 1. The molecular formula is C18H19ClN2O4. The molecule has 0 saturated carbocycles. The fourth-order valence-electron chi connectivity index (χ4n) is 3.03. The highest BCUT2D eigenvalue weighted by molar-refractivity contribution is 6.31. The van der Waals surface area contributed by atoms with Crippen LogP contribution in [0.25, 0.3) is 0 Å². The lowest BCUT2D eigenvalue weighted by atomic mass is 10.0. The first-order chi connectivity index (χ1) is 12.1. The van der Waals surface area contributed by atoms with Crippen molar-refractivity contribution in [1.82, 2.24) is 9.80 Å². The molecular weight excluding hydrogens is 344 g/mol. The second-order valence-electron chi connectivity index (χ2n) is 5.79. The summed E-state index contributed by atoms with van der Waals surface area (Å²) in [5, 5.41) is 0.523. The van der Waals surface area contributed by atoms with E-state index >= 15 is 0 Å². The van der Waals surface area contributed by atoms with E-state index in [1.54, 1.807) is 17.0 Å². The van der Waals surface area contributed by atoms with Crippen molar-refractivity contribution < 1.29 is 18.7 Å². The van der Waals surface area contributed by atoms with Crippen molar-refractivity contribution in [3.05, 3.63) is 59.0 Å². The molecule has 7 heteroatoms. The summed E-state index contributed by atoms with van der Waals surface area (Å²) in [7, 11) is 1.37. The summed E-state index contributed by atoms with van der Waals surface area (Å²) in [5.74, 6) is -0.427. The standard InChI is InChI=1S/C18H19ClN2O4/c1-24-18(23)16(14-4-2-3-5-15(14)19)20-7-9-21(10-8-20)17(22)13-6-11-25-12-13/h2-6,11-12,16H,7-10H2,1H3/t16-/m1/s1. The Labute approximate surface area is 150 Å². The quantitative estimate of drug-likeness (QED) is 0.782. The molecule has 1 atom stereocenters. The number of carbonyl (C=O) groups excluding carboxylic acids is 2.